The van der Waals surface area contributed by atoms with Crippen molar-refractivity contribution >= 4 is 24.2 Å². The summed E-state index contributed by atoms with van der Waals surface area (Å²) in [5.41, 5.74) is 8.11. The lowest BCUT2D eigenvalue weighted by molar-refractivity contribution is -0.144. The maximum Gasteiger partial charge on any atom is 0.355 e. The lowest BCUT2D eigenvalue weighted by Gasteiger charge is -2.10. The monoisotopic (exact) mass is 483 g/mol. The number of nitrogens with one attached hydrogen (secondary N) is 1. The Morgan fingerprint density at radius 1 is 1.09 bits per heavy atom. The second-order valence-electron chi connectivity index (χ2n) is 8.54. The van der Waals surface area contributed by atoms with Crippen LogP contribution in [0.4, 0.5) is 0 Å². The van der Waals surface area contributed by atoms with Gasteiger partial charge in [-0.3, -0.25) is 10.2 Å². The zero-order valence-electron chi connectivity index (χ0n) is 19.2. The van der Waals surface area contributed by atoms with Crippen molar-refractivity contribution in [3.63, 3.8) is 0 Å². The van der Waals surface area contributed by atoms with Gasteiger partial charge in [0.15, 0.2) is 0 Å². The summed E-state index contributed by atoms with van der Waals surface area (Å²) in [6.45, 7) is 2.32. The second-order valence-corrected chi connectivity index (χ2v) is 8.54. The molecule has 0 spiro atoms. The zero-order chi connectivity index (χ0) is 23.4. The summed E-state index contributed by atoms with van der Waals surface area (Å²) in [6.07, 6.45) is 5.74. The Balaban J connectivity index is 0.00000324. The Morgan fingerprint density at radius 3 is 2.32 bits per heavy atom. The quantitative estimate of drug-likeness (QED) is 0.288. The first kappa shape index (κ1) is 25.2. The number of carbonyl (C=O) groups excluding carboxylic acids is 1. The van der Waals surface area contributed by atoms with Crippen LogP contribution >= 0.6 is 12.4 Å². The summed E-state index contributed by atoms with van der Waals surface area (Å²) in [5, 5.41) is 11.9. The molecule has 8 nitrogen and oxygen atoms in total. The summed E-state index contributed by atoms with van der Waals surface area (Å²) in [4.78, 5) is 25.1. The maximum atomic E-state index is 13.0. The molecule has 180 valence electrons. The largest absolute Gasteiger partial charge is 0.465 e. The molecule has 0 unspecified atom stereocenters. The zero-order valence-corrected chi connectivity index (χ0v) is 20.0. The number of amidine groups is 1. The van der Waals surface area contributed by atoms with Gasteiger partial charge in [0.1, 0.15) is 11.7 Å². The van der Waals surface area contributed by atoms with Gasteiger partial charge in [-0.15, -0.1) is 17.5 Å². The van der Waals surface area contributed by atoms with E-state index < -0.39 is 0 Å². The van der Waals surface area contributed by atoms with Crippen LogP contribution in [0.5, 0.6) is 0 Å². The molecule has 9 heteroatoms. The van der Waals surface area contributed by atoms with E-state index in [0.29, 0.717) is 48.1 Å². The molecule has 1 aromatic heterocycles. The molecule has 1 fully saturated rings. The molecule has 2 aromatic carbocycles. The Kier molecular flexibility index (Phi) is 8.28. The van der Waals surface area contributed by atoms with Crippen molar-refractivity contribution in [3.8, 4) is 11.4 Å². The number of ether oxygens (including phenoxy) is 1. The lowest BCUT2D eigenvalue weighted by atomic mass is 10.1. The molecule has 0 amide bonds. The Morgan fingerprint density at radius 2 is 1.71 bits per heavy atom. The number of hydrogen-bond acceptors (Lipinski definition) is 5. The van der Waals surface area contributed by atoms with Crippen LogP contribution in [0.1, 0.15) is 49.1 Å². The first-order valence-electron chi connectivity index (χ1n) is 11.3. The van der Waals surface area contributed by atoms with E-state index in [4.69, 9.17) is 15.9 Å². The van der Waals surface area contributed by atoms with Crippen molar-refractivity contribution in [3.05, 3.63) is 76.0 Å². The van der Waals surface area contributed by atoms with Crippen molar-refractivity contribution in [2.45, 2.75) is 45.4 Å². The van der Waals surface area contributed by atoms with E-state index in [0.717, 1.165) is 18.4 Å². The summed E-state index contributed by atoms with van der Waals surface area (Å²) in [6, 6.07) is 14.4. The molecule has 3 aromatic rings. The van der Waals surface area contributed by atoms with E-state index >= 15 is 0 Å². The molecule has 1 saturated carbocycles. The highest BCUT2D eigenvalue weighted by atomic mass is 35.5. The fourth-order valence-electron chi connectivity index (χ4n) is 4.23. The van der Waals surface area contributed by atoms with Crippen LogP contribution in [-0.4, -0.2) is 32.8 Å². The SMILES string of the molecule is Cc1nn(-c2ccc(C(=N)N)cc2)c(=O)n1-c1ccc(CCC(=O)OCC2CCCC2)cc1.Cl. The molecule has 3 N–H and O–H groups in total. The Bertz CT molecular complexity index is 1190. The minimum absolute atomic E-state index is 0. The Labute approximate surface area is 204 Å². The van der Waals surface area contributed by atoms with Gasteiger partial charge in [0, 0.05) is 12.0 Å². The predicted octanol–water partition coefficient (Wildman–Crippen LogP) is 3.70. The topological polar surface area (TPSA) is 116 Å². The third-order valence-electron chi connectivity index (χ3n) is 6.13. The Hall–Kier alpha value is -3.39. The van der Waals surface area contributed by atoms with Gasteiger partial charge in [-0.1, -0.05) is 25.0 Å². The summed E-state index contributed by atoms with van der Waals surface area (Å²) >= 11 is 0. The van der Waals surface area contributed by atoms with E-state index in [1.165, 1.54) is 17.5 Å². The fraction of sp³-hybridized carbons (Fsp3) is 0.360. The maximum absolute atomic E-state index is 13.0. The normalized spacial score (nSPS) is 13.4. The van der Waals surface area contributed by atoms with Gasteiger partial charge in [0.25, 0.3) is 0 Å². The third kappa shape index (κ3) is 5.75. The number of aromatic nitrogens is 3. The van der Waals surface area contributed by atoms with Crippen molar-refractivity contribution in [1.82, 2.24) is 14.3 Å². The average Bonchev–Trinajstić information content (AvgIpc) is 3.44. The van der Waals surface area contributed by atoms with E-state index in [9.17, 15) is 9.59 Å². The molecule has 0 radical (unpaired) electrons. The number of nitrogen functional groups attached to an aromatic ring is 1. The minimum atomic E-state index is -0.286. The van der Waals surface area contributed by atoms with Crippen molar-refractivity contribution in [1.29, 1.82) is 5.41 Å². The highest BCUT2D eigenvalue weighted by molar-refractivity contribution is 5.95. The van der Waals surface area contributed by atoms with Gasteiger partial charge in [0.05, 0.1) is 18.0 Å². The number of hydrogen-bond donors (Lipinski definition) is 2. The first-order valence-corrected chi connectivity index (χ1v) is 11.3. The van der Waals surface area contributed by atoms with Crippen molar-refractivity contribution in [2.75, 3.05) is 6.61 Å². The van der Waals surface area contributed by atoms with Gasteiger partial charge in [-0.2, -0.15) is 4.68 Å². The molecule has 1 aliphatic rings. The van der Waals surface area contributed by atoms with Crippen LogP contribution < -0.4 is 11.4 Å². The lowest BCUT2D eigenvalue weighted by Crippen LogP contribution is -2.23. The summed E-state index contributed by atoms with van der Waals surface area (Å²) in [5.74, 6) is 0.898. The molecule has 0 atom stereocenters. The van der Waals surface area contributed by atoms with Crippen LogP contribution in [0.15, 0.2) is 53.3 Å². The van der Waals surface area contributed by atoms with Crippen LogP contribution in [-0.2, 0) is 16.0 Å². The average molecular weight is 484 g/mol. The molecule has 0 saturated heterocycles. The van der Waals surface area contributed by atoms with E-state index in [2.05, 4.69) is 5.10 Å². The first-order chi connectivity index (χ1) is 15.9. The van der Waals surface area contributed by atoms with Crippen LogP contribution in [0.2, 0.25) is 0 Å². The highest BCUT2D eigenvalue weighted by Gasteiger charge is 2.17. The van der Waals surface area contributed by atoms with Gasteiger partial charge in [-0.05, 0) is 74.1 Å². The van der Waals surface area contributed by atoms with Gasteiger partial charge in [0.2, 0.25) is 0 Å². The van der Waals surface area contributed by atoms with Gasteiger partial charge in [-0.25, -0.2) is 9.36 Å². The molecule has 1 heterocycles. The van der Waals surface area contributed by atoms with E-state index in [-0.39, 0.29) is 29.9 Å². The third-order valence-corrected chi connectivity index (χ3v) is 6.13. The molecule has 4 rings (SSSR count). The number of rotatable bonds is 8. The summed E-state index contributed by atoms with van der Waals surface area (Å²) in [7, 11) is 0. The number of aryl methyl sites for hydroxylation is 2. The molecule has 0 bridgehead atoms. The predicted molar refractivity (Wildman–Crippen MR) is 133 cm³/mol. The number of carbonyl (C=O) groups is 1. The number of nitrogens with zero attached hydrogens (tertiary/aromatic N) is 3. The number of halogens is 1. The smallest absolute Gasteiger partial charge is 0.355 e. The van der Waals surface area contributed by atoms with Crippen molar-refractivity contribution < 1.29 is 9.53 Å². The van der Waals surface area contributed by atoms with Crippen LogP contribution in [0.25, 0.3) is 11.4 Å². The highest BCUT2D eigenvalue weighted by Crippen LogP contribution is 2.24. The number of nitrogens with two attached hydrogens (primary N) is 1. The van der Waals surface area contributed by atoms with Gasteiger partial charge >= 0.3 is 11.7 Å². The van der Waals surface area contributed by atoms with Gasteiger partial charge < -0.3 is 10.5 Å². The van der Waals surface area contributed by atoms with E-state index in [1.807, 2.05) is 24.3 Å². The minimum Gasteiger partial charge on any atom is -0.465 e. The molecule has 1 aliphatic carbocycles. The number of benzene rings is 2. The molecular formula is C25H30ClN5O3. The summed E-state index contributed by atoms with van der Waals surface area (Å²) < 4.78 is 8.29. The molecular weight excluding hydrogens is 454 g/mol. The van der Waals surface area contributed by atoms with Crippen LogP contribution in [0.3, 0.4) is 0 Å². The van der Waals surface area contributed by atoms with Crippen LogP contribution in [0, 0.1) is 18.3 Å². The van der Waals surface area contributed by atoms with E-state index in [1.54, 1.807) is 35.8 Å². The molecule has 34 heavy (non-hydrogen) atoms. The number of esters is 1. The fourth-order valence-corrected chi connectivity index (χ4v) is 4.23. The van der Waals surface area contributed by atoms with Crippen molar-refractivity contribution in [2.24, 2.45) is 11.7 Å². The standard InChI is InChI=1S/C25H29N5O3.ClH/c1-17-28-30(22-13-9-20(10-14-22)24(26)27)25(32)29(17)21-11-6-18(7-12-21)8-15-23(31)33-16-19-4-2-3-5-19;/h6-7,9-14,19H,2-5,8,15-16H2,1H3,(H3,26,27);1H. The second kappa shape index (κ2) is 11.2. The molecule has 0 aliphatic heterocycles.